The quantitative estimate of drug-likeness (QED) is 0.407. The Kier molecular flexibility index (Phi) is 9.62. The van der Waals surface area contributed by atoms with E-state index in [0.29, 0.717) is 43.5 Å². The highest BCUT2D eigenvalue weighted by Crippen LogP contribution is 2.27. The molecule has 2 rings (SSSR count). The molecule has 30 heavy (non-hydrogen) atoms. The van der Waals surface area contributed by atoms with Gasteiger partial charge in [0.05, 0.1) is 25.2 Å². The van der Waals surface area contributed by atoms with Gasteiger partial charge in [0.15, 0.2) is 0 Å². The molecule has 1 aromatic carbocycles. The number of rotatable bonds is 10. The van der Waals surface area contributed by atoms with Crippen LogP contribution in [-0.4, -0.2) is 55.0 Å². The van der Waals surface area contributed by atoms with Crippen molar-refractivity contribution in [3.63, 3.8) is 0 Å². The molecule has 1 heterocycles. The second-order valence-corrected chi connectivity index (χ2v) is 8.67. The molecule has 0 spiro atoms. The van der Waals surface area contributed by atoms with Gasteiger partial charge in [-0.3, -0.25) is 14.4 Å². The third kappa shape index (κ3) is 7.00. The summed E-state index contributed by atoms with van der Waals surface area (Å²) >= 11 is 3.40. The van der Waals surface area contributed by atoms with E-state index < -0.39 is 12.0 Å². The van der Waals surface area contributed by atoms with Crippen molar-refractivity contribution < 1.29 is 23.9 Å². The number of carbonyl (C=O) groups excluding carboxylic acids is 3. The van der Waals surface area contributed by atoms with E-state index in [-0.39, 0.29) is 18.2 Å². The van der Waals surface area contributed by atoms with E-state index in [1.807, 2.05) is 13.0 Å². The number of esters is 1. The first kappa shape index (κ1) is 24.2. The molecular formula is C22H31BrN2O5. The third-order valence-electron chi connectivity index (χ3n) is 4.84. The molecule has 1 aliphatic rings. The van der Waals surface area contributed by atoms with Crippen molar-refractivity contribution in [3.8, 4) is 5.75 Å². The Morgan fingerprint density at radius 2 is 2.07 bits per heavy atom. The van der Waals surface area contributed by atoms with E-state index in [1.165, 1.54) is 4.90 Å². The Balaban J connectivity index is 2.18. The number of nitrogens with one attached hydrogen (secondary N) is 1. The van der Waals surface area contributed by atoms with E-state index in [4.69, 9.17) is 9.47 Å². The molecule has 7 nitrogen and oxygen atoms in total. The van der Waals surface area contributed by atoms with Gasteiger partial charge < -0.3 is 19.7 Å². The zero-order valence-electron chi connectivity index (χ0n) is 17.9. The SMILES string of the molecule is CCCCOC(=O)CC1C(=O)NCCN1C(=O)c1cc(Br)ccc1OCCC(C)C. The Bertz CT molecular complexity index is 753. The molecule has 1 aliphatic heterocycles. The van der Waals surface area contributed by atoms with Crippen LogP contribution < -0.4 is 10.1 Å². The summed E-state index contributed by atoms with van der Waals surface area (Å²) in [6.07, 6.45) is 2.37. The molecule has 0 bridgehead atoms. The van der Waals surface area contributed by atoms with Gasteiger partial charge in [-0.2, -0.15) is 0 Å². The molecule has 0 aliphatic carbocycles. The Morgan fingerprint density at radius 3 is 2.77 bits per heavy atom. The van der Waals surface area contributed by atoms with Crippen molar-refractivity contribution >= 4 is 33.7 Å². The second-order valence-electron chi connectivity index (χ2n) is 7.75. The number of halogens is 1. The lowest BCUT2D eigenvalue weighted by Gasteiger charge is -2.35. The molecule has 1 N–H and O–H groups in total. The normalized spacial score (nSPS) is 16.4. The molecule has 1 unspecified atom stereocenters. The minimum Gasteiger partial charge on any atom is -0.493 e. The number of hydrogen-bond donors (Lipinski definition) is 1. The van der Waals surface area contributed by atoms with Crippen LogP contribution in [0.5, 0.6) is 5.75 Å². The fourth-order valence-corrected chi connectivity index (χ4v) is 3.42. The average molecular weight is 483 g/mol. The summed E-state index contributed by atoms with van der Waals surface area (Å²) in [5, 5.41) is 2.73. The number of benzene rings is 1. The first-order chi connectivity index (χ1) is 14.3. The number of piperazine rings is 1. The highest BCUT2D eigenvalue weighted by atomic mass is 79.9. The van der Waals surface area contributed by atoms with Crippen LogP contribution in [0.2, 0.25) is 0 Å². The van der Waals surface area contributed by atoms with Crippen LogP contribution >= 0.6 is 15.9 Å². The number of nitrogens with zero attached hydrogens (tertiary/aromatic N) is 1. The van der Waals surface area contributed by atoms with Gasteiger partial charge in [0.25, 0.3) is 5.91 Å². The van der Waals surface area contributed by atoms with Crippen molar-refractivity contribution in [2.45, 2.75) is 52.5 Å². The van der Waals surface area contributed by atoms with Gasteiger partial charge in [-0.05, 0) is 37.0 Å². The minimum absolute atomic E-state index is 0.168. The van der Waals surface area contributed by atoms with Crippen LogP contribution in [0.4, 0.5) is 0 Å². The lowest BCUT2D eigenvalue weighted by Crippen LogP contribution is -2.57. The predicted molar refractivity (Wildman–Crippen MR) is 117 cm³/mol. The Morgan fingerprint density at radius 1 is 1.30 bits per heavy atom. The number of unbranched alkanes of at least 4 members (excludes halogenated alkanes) is 1. The maximum atomic E-state index is 13.4. The summed E-state index contributed by atoms with van der Waals surface area (Å²) in [5.74, 6) is -0.213. The topological polar surface area (TPSA) is 84.9 Å². The summed E-state index contributed by atoms with van der Waals surface area (Å²) in [4.78, 5) is 39.4. The predicted octanol–water partition coefficient (Wildman–Crippen LogP) is 3.55. The summed E-state index contributed by atoms with van der Waals surface area (Å²) in [6, 6.07) is 4.35. The smallest absolute Gasteiger partial charge is 0.308 e. The van der Waals surface area contributed by atoms with Crippen molar-refractivity contribution in [2.24, 2.45) is 5.92 Å². The fourth-order valence-electron chi connectivity index (χ4n) is 3.06. The Labute approximate surface area is 186 Å². The second kappa shape index (κ2) is 11.9. The third-order valence-corrected chi connectivity index (χ3v) is 5.33. The summed E-state index contributed by atoms with van der Waals surface area (Å²) in [6.45, 7) is 7.67. The van der Waals surface area contributed by atoms with E-state index in [2.05, 4.69) is 35.1 Å². The van der Waals surface area contributed by atoms with E-state index >= 15 is 0 Å². The van der Waals surface area contributed by atoms with Gasteiger partial charge in [-0.1, -0.05) is 43.1 Å². The molecule has 166 valence electrons. The lowest BCUT2D eigenvalue weighted by molar-refractivity contribution is -0.147. The Hall–Kier alpha value is -2.09. The van der Waals surface area contributed by atoms with Gasteiger partial charge >= 0.3 is 5.97 Å². The van der Waals surface area contributed by atoms with E-state index in [0.717, 1.165) is 23.7 Å². The van der Waals surface area contributed by atoms with Crippen LogP contribution in [0.15, 0.2) is 22.7 Å². The lowest BCUT2D eigenvalue weighted by atomic mass is 10.1. The van der Waals surface area contributed by atoms with Gasteiger partial charge in [-0.15, -0.1) is 0 Å². The molecule has 1 atom stereocenters. The van der Waals surface area contributed by atoms with E-state index in [1.54, 1.807) is 12.1 Å². The molecule has 1 fully saturated rings. The maximum Gasteiger partial charge on any atom is 0.308 e. The molecule has 0 saturated carbocycles. The van der Waals surface area contributed by atoms with Gasteiger partial charge in [0.2, 0.25) is 5.91 Å². The minimum atomic E-state index is -0.900. The molecule has 1 saturated heterocycles. The number of hydrogen-bond acceptors (Lipinski definition) is 5. The standard InChI is InChI=1S/C22H31BrN2O5/c1-4-5-11-30-20(26)14-18-21(27)24-9-10-25(18)22(28)17-13-16(23)6-7-19(17)29-12-8-15(2)3/h6-7,13,15,18H,4-5,8-12,14H2,1-3H3,(H,24,27). The van der Waals surface area contributed by atoms with Crippen LogP contribution in [0.3, 0.4) is 0 Å². The van der Waals surface area contributed by atoms with Gasteiger partial charge in [-0.25, -0.2) is 0 Å². The zero-order valence-corrected chi connectivity index (χ0v) is 19.5. The zero-order chi connectivity index (χ0) is 22.1. The van der Waals surface area contributed by atoms with Crippen LogP contribution in [0, 0.1) is 5.92 Å². The molecule has 1 aromatic rings. The molecule has 8 heteroatoms. The molecular weight excluding hydrogens is 452 g/mol. The van der Waals surface area contributed by atoms with Crippen LogP contribution in [-0.2, 0) is 14.3 Å². The highest BCUT2D eigenvalue weighted by Gasteiger charge is 2.36. The largest absolute Gasteiger partial charge is 0.493 e. The monoisotopic (exact) mass is 482 g/mol. The van der Waals surface area contributed by atoms with Gasteiger partial charge in [0.1, 0.15) is 11.8 Å². The molecule has 2 amide bonds. The molecule has 0 aromatic heterocycles. The van der Waals surface area contributed by atoms with Crippen molar-refractivity contribution in [1.82, 2.24) is 10.2 Å². The number of ether oxygens (including phenoxy) is 2. The summed E-state index contributed by atoms with van der Waals surface area (Å²) < 4.78 is 11.8. The summed E-state index contributed by atoms with van der Waals surface area (Å²) in [5.41, 5.74) is 0.368. The average Bonchev–Trinajstić information content (AvgIpc) is 2.70. The maximum absolute atomic E-state index is 13.4. The number of amides is 2. The van der Waals surface area contributed by atoms with Gasteiger partial charge in [0, 0.05) is 17.6 Å². The highest BCUT2D eigenvalue weighted by molar-refractivity contribution is 9.10. The van der Waals surface area contributed by atoms with Crippen molar-refractivity contribution in [3.05, 3.63) is 28.2 Å². The van der Waals surface area contributed by atoms with E-state index in [9.17, 15) is 14.4 Å². The molecule has 0 radical (unpaired) electrons. The van der Waals surface area contributed by atoms with Crippen LogP contribution in [0.25, 0.3) is 0 Å². The first-order valence-corrected chi connectivity index (χ1v) is 11.3. The summed E-state index contributed by atoms with van der Waals surface area (Å²) in [7, 11) is 0. The van der Waals surface area contributed by atoms with Crippen molar-refractivity contribution in [1.29, 1.82) is 0 Å². The number of carbonyl (C=O) groups is 3. The van der Waals surface area contributed by atoms with Crippen molar-refractivity contribution in [2.75, 3.05) is 26.3 Å². The first-order valence-electron chi connectivity index (χ1n) is 10.5. The fraction of sp³-hybridized carbons (Fsp3) is 0.591. The van der Waals surface area contributed by atoms with Crippen LogP contribution in [0.1, 0.15) is 56.8 Å².